The van der Waals surface area contributed by atoms with Crippen LogP contribution in [0.2, 0.25) is 0 Å². The van der Waals surface area contributed by atoms with Gasteiger partial charge in [-0.1, -0.05) is 6.92 Å². The molecule has 0 aromatic heterocycles. The summed E-state index contributed by atoms with van der Waals surface area (Å²) in [6, 6.07) is 0.855. The smallest absolute Gasteiger partial charge is 0.0829 e. The summed E-state index contributed by atoms with van der Waals surface area (Å²) in [5.74, 6) is 0.867. The molecule has 0 spiro atoms. The van der Waals surface area contributed by atoms with E-state index in [1.165, 1.54) is 38.9 Å². The number of nitrogens with zero attached hydrogens (tertiary/aromatic N) is 2. The molecule has 3 fully saturated rings. The highest BCUT2D eigenvalue weighted by atomic mass is 16.5. The predicted molar refractivity (Wildman–Crippen MR) is 77.4 cm³/mol. The molecule has 2 atom stereocenters. The van der Waals surface area contributed by atoms with Crippen molar-refractivity contribution in [3.63, 3.8) is 0 Å². The molecule has 19 heavy (non-hydrogen) atoms. The van der Waals surface area contributed by atoms with Gasteiger partial charge in [0.05, 0.1) is 12.7 Å². The first-order valence-corrected chi connectivity index (χ1v) is 8.13. The van der Waals surface area contributed by atoms with Crippen molar-refractivity contribution in [1.82, 2.24) is 15.1 Å². The summed E-state index contributed by atoms with van der Waals surface area (Å²) < 4.78 is 5.92. The van der Waals surface area contributed by atoms with Crippen LogP contribution in [0.5, 0.6) is 0 Å². The second kappa shape index (κ2) is 6.53. The van der Waals surface area contributed by atoms with Crippen LogP contribution in [0.3, 0.4) is 0 Å². The summed E-state index contributed by atoms with van der Waals surface area (Å²) in [4.78, 5) is 5.12. The summed E-state index contributed by atoms with van der Waals surface area (Å²) in [6.07, 6.45) is 4.60. The van der Waals surface area contributed by atoms with Crippen LogP contribution >= 0.6 is 0 Å². The lowest BCUT2D eigenvalue weighted by atomic mass is 10.1. The lowest BCUT2D eigenvalue weighted by molar-refractivity contribution is -0.0395. The molecule has 2 saturated heterocycles. The number of morpholine rings is 1. The van der Waals surface area contributed by atoms with E-state index in [1.807, 2.05) is 0 Å². The largest absolute Gasteiger partial charge is 0.374 e. The maximum atomic E-state index is 5.92. The Labute approximate surface area is 117 Å². The van der Waals surface area contributed by atoms with Crippen LogP contribution in [0.4, 0.5) is 0 Å². The van der Waals surface area contributed by atoms with Crippen LogP contribution in [0.1, 0.15) is 26.2 Å². The number of likely N-dealkylation sites (tertiary alicyclic amines) is 1. The van der Waals surface area contributed by atoms with E-state index in [-0.39, 0.29) is 0 Å². The number of ether oxygens (including phenoxy) is 1. The molecule has 0 amide bonds. The Balaban J connectivity index is 1.36. The van der Waals surface area contributed by atoms with Gasteiger partial charge in [0.2, 0.25) is 0 Å². The van der Waals surface area contributed by atoms with Gasteiger partial charge in [0.15, 0.2) is 0 Å². The maximum absolute atomic E-state index is 5.92. The molecule has 1 saturated carbocycles. The van der Waals surface area contributed by atoms with Crippen LogP contribution < -0.4 is 5.32 Å². The van der Waals surface area contributed by atoms with Gasteiger partial charge in [-0.05, 0) is 44.8 Å². The van der Waals surface area contributed by atoms with Crippen molar-refractivity contribution in [2.75, 3.05) is 52.4 Å². The van der Waals surface area contributed by atoms with Crippen LogP contribution in [-0.2, 0) is 4.74 Å². The van der Waals surface area contributed by atoms with E-state index in [1.54, 1.807) is 0 Å². The molecule has 4 nitrogen and oxygen atoms in total. The van der Waals surface area contributed by atoms with Crippen molar-refractivity contribution < 1.29 is 4.74 Å². The third-order valence-electron chi connectivity index (χ3n) is 4.77. The van der Waals surface area contributed by atoms with Gasteiger partial charge in [-0.3, -0.25) is 4.90 Å². The van der Waals surface area contributed by atoms with Crippen molar-refractivity contribution in [2.45, 2.75) is 38.3 Å². The Morgan fingerprint density at radius 3 is 2.79 bits per heavy atom. The molecule has 1 N–H and O–H groups in total. The lowest BCUT2D eigenvalue weighted by Gasteiger charge is -2.34. The standard InChI is InChI=1S/C15H29N3O/c1-2-17-7-8-19-15(11-17)12-18-6-5-13(10-18)9-16-14-3-4-14/h13-16H,2-12H2,1H3. The summed E-state index contributed by atoms with van der Waals surface area (Å²) >= 11 is 0. The summed E-state index contributed by atoms with van der Waals surface area (Å²) in [5.41, 5.74) is 0. The van der Waals surface area contributed by atoms with Crippen molar-refractivity contribution in [3.05, 3.63) is 0 Å². The third kappa shape index (κ3) is 4.15. The van der Waals surface area contributed by atoms with Crippen LogP contribution in [0.25, 0.3) is 0 Å². The molecule has 0 bridgehead atoms. The molecule has 1 aliphatic carbocycles. The molecule has 2 heterocycles. The Morgan fingerprint density at radius 1 is 1.11 bits per heavy atom. The van der Waals surface area contributed by atoms with Gasteiger partial charge in [-0.15, -0.1) is 0 Å². The molecule has 110 valence electrons. The topological polar surface area (TPSA) is 27.7 Å². The summed E-state index contributed by atoms with van der Waals surface area (Å²) in [6.45, 7) is 11.5. The quantitative estimate of drug-likeness (QED) is 0.770. The first kappa shape index (κ1) is 13.8. The molecule has 3 rings (SSSR count). The summed E-state index contributed by atoms with van der Waals surface area (Å²) in [7, 11) is 0. The van der Waals surface area contributed by atoms with E-state index in [9.17, 15) is 0 Å². The van der Waals surface area contributed by atoms with Gasteiger partial charge in [0.25, 0.3) is 0 Å². The van der Waals surface area contributed by atoms with Gasteiger partial charge in [-0.2, -0.15) is 0 Å². The molecule has 0 aromatic carbocycles. The molecule has 0 aromatic rings. The van der Waals surface area contributed by atoms with E-state index in [2.05, 4.69) is 22.0 Å². The number of hydrogen-bond donors (Lipinski definition) is 1. The van der Waals surface area contributed by atoms with E-state index >= 15 is 0 Å². The number of likely N-dealkylation sites (N-methyl/N-ethyl adjacent to an activating group) is 1. The van der Waals surface area contributed by atoms with Crippen molar-refractivity contribution >= 4 is 0 Å². The molecule has 0 radical (unpaired) electrons. The monoisotopic (exact) mass is 267 g/mol. The van der Waals surface area contributed by atoms with Gasteiger partial charge in [0.1, 0.15) is 0 Å². The fourth-order valence-electron chi connectivity index (χ4n) is 3.33. The van der Waals surface area contributed by atoms with Gasteiger partial charge in [0, 0.05) is 32.2 Å². The van der Waals surface area contributed by atoms with Crippen molar-refractivity contribution in [3.8, 4) is 0 Å². The van der Waals surface area contributed by atoms with Crippen molar-refractivity contribution in [2.24, 2.45) is 5.92 Å². The molecule has 4 heteroatoms. The molecule has 2 aliphatic heterocycles. The number of hydrogen-bond acceptors (Lipinski definition) is 4. The molecular weight excluding hydrogens is 238 g/mol. The Hall–Kier alpha value is -0.160. The van der Waals surface area contributed by atoms with Crippen LogP contribution in [-0.4, -0.2) is 74.4 Å². The highest BCUT2D eigenvalue weighted by molar-refractivity contribution is 4.85. The Kier molecular flexibility index (Phi) is 4.74. The van der Waals surface area contributed by atoms with E-state index in [0.29, 0.717) is 6.10 Å². The minimum atomic E-state index is 0.434. The Bertz CT molecular complexity index is 283. The van der Waals surface area contributed by atoms with E-state index in [4.69, 9.17) is 4.74 Å². The highest BCUT2D eigenvalue weighted by Gasteiger charge is 2.28. The van der Waals surface area contributed by atoms with Gasteiger partial charge >= 0.3 is 0 Å². The van der Waals surface area contributed by atoms with Gasteiger partial charge in [-0.25, -0.2) is 0 Å². The van der Waals surface area contributed by atoms with Crippen LogP contribution in [0, 0.1) is 5.92 Å². The second-order valence-corrected chi connectivity index (χ2v) is 6.48. The SMILES string of the molecule is CCN1CCOC(CN2CCC(CNC3CC3)C2)C1. The first-order chi connectivity index (χ1) is 9.33. The normalized spacial score (nSPS) is 33.9. The molecular formula is C15H29N3O. The molecule has 3 aliphatic rings. The van der Waals surface area contributed by atoms with Crippen molar-refractivity contribution in [1.29, 1.82) is 0 Å². The fourth-order valence-corrected chi connectivity index (χ4v) is 3.33. The average Bonchev–Trinajstić information content (AvgIpc) is 3.17. The second-order valence-electron chi connectivity index (χ2n) is 6.48. The summed E-state index contributed by atoms with van der Waals surface area (Å²) in [5, 5.41) is 3.67. The minimum absolute atomic E-state index is 0.434. The zero-order chi connectivity index (χ0) is 13.1. The zero-order valence-electron chi connectivity index (χ0n) is 12.3. The van der Waals surface area contributed by atoms with E-state index in [0.717, 1.165) is 44.7 Å². The lowest BCUT2D eigenvalue weighted by Crippen LogP contribution is -2.47. The van der Waals surface area contributed by atoms with Crippen LogP contribution in [0.15, 0.2) is 0 Å². The minimum Gasteiger partial charge on any atom is -0.374 e. The maximum Gasteiger partial charge on any atom is 0.0829 e. The average molecular weight is 267 g/mol. The predicted octanol–water partition coefficient (Wildman–Crippen LogP) is 0.781. The highest BCUT2D eigenvalue weighted by Crippen LogP contribution is 2.21. The van der Waals surface area contributed by atoms with E-state index < -0.39 is 0 Å². The third-order valence-corrected chi connectivity index (χ3v) is 4.77. The van der Waals surface area contributed by atoms with Gasteiger partial charge < -0.3 is 15.0 Å². The Morgan fingerprint density at radius 2 is 2.00 bits per heavy atom. The zero-order valence-corrected chi connectivity index (χ0v) is 12.3. The number of nitrogens with one attached hydrogen (secondary N) is 1. The fraction of sp³-hybridized carbons (Fsp3) is 1.00. The number of rotatable bonds is 6. The first-order valence-electron chi connectivity index (χ1n) is 8.13. The molecule has 2 unspecified atom stereocenters.